The van der Waals surface area contributed by atoms with E-state index in [-0.39, 0.29) is 5.56 Å². The molecule has 0 aliphatic heterocycles. The van der Waals surface area contributed by atoms with Crippen LogP contribution in [-0.2, 0) is 13.0 Å². The van der Waals surface area contributed by atoms with Crippen LogP contribution in [0.25, 0.3) is 10.8 Å². The lowest BCUT2D eigenvalue weighted by atomic mass is 10.2. The molecule has 4 nitrogen and oxygen atoms in total. The van der Waals surface area contributed by atoms with Gasteiger partial charge in [-0.3, -0.25) is 4.79 Å². The van der Waals surface area contributed by atoms with Crippen molar-refractivity contribution in [1.82, 2.24) is 14.8 Å². The summed E-state index contributed by atoms with van der Waals surface area (Å²) < 4.78 is 1.48. The zero-order valence-corrected chi connectivity index (χ0v) is 12.1. The zero-order chi connectivity index (χ0) is 13.9. The minimum absolute atomic E-state index is 0.0619. The van der Waals surface area contributed by atoms with Crippen molar-refractivity contribution in [2.24, 2.45) is 0 Å². The number of benzene rings is 1. The monoisotopic (exact) mass is 285 g/mol. The van der Waals surface area contributed by atoms with Crippen LogP contribution in [0.3, 0.4) is 0 Å². The van der Waals surface area contributed by atoms with Gasteiger partial charge in [0.2, 0.25) is 0 Å². The first kappa shape index (κ1) is 13.0. The number of aromatic nitrogens is 3. The number of hydrogen-bond donors (Lipinski definition) is 0. The average molecular weight is 285 g/mol. The minimum atomic E-state index is -0.0619. The summed E-state index contributed by atoms with van der Waals surface area (Å²) in [7, 11) is 0. The molecule has 3 aromatic rings. The molecule has 1 aromatic carbocycles. The first-order valence-electron chi connectivity index (χ1n) is 6.66. The van der Waals surface area contributed by atoms with Crippen LogP contribution < -0.4 is 5.56 Å². The number of nitrogens with zero attached hydrogens (tertiary/aromatic N) is 3. The summed E-state index contributed by atoms with van der Waals surface area (Å²) in [4.78, 5) is 16.9. The fourth-order valence-electron chi connectivity index (χ4n) is 2.14. The van der Waals surface area contributed by atoms with E-state index in [2.05, 4.69) is 17.0 Å². The lowest BCUT2D eigenvalue weighted by Crippen LogP contribution is -2.23. The third kappa shape index (κ3) is 2.49. The summed E-state index contributed by atoms with van der Waals surface area (Å²) in [6.45, 7) is 2.57. The molecule has 2 aromatic heterocycles. The molecule has 0 radical (unpaired) electrons. The molecular formula is C15H15N3OS. The molecule has 3 rings (SSSR count). The standard InChI is InChI=1S/C15H15N3OS/c1-2-5-14-17-12(10-20-14)9-18-15(19)13-7-4-3-6-11(13)8-16-18/h3-4,6-8,10H,2,5,9H2,1H3. The third-order valence-electron chi connectivity index (χ3n) is 3.14. The first-order chi connectivity index (χ1) is 9.78. The predicted molar refractivity (Wildman–Crippen MR) is 81.2 cm³/mol. The van der Waals surface area contributed by atoms with Gasteiger partial charge in [-0.1, -0.05) is 25.1 Å². The highest BCUT2D eigenvalue weighted by Gasteiger charge is 2.07. The van der Waals surface area contributed by atoms with Crippen molar-refractivity contribution >= 4 is 22.1 Å². The highest BCUT2D eigenvalue weighted by molar-refractivity contribution is 7.09. The van der Waals surface area contributed by atoms with Crippen molar-refractivity contribution in [2.45, 2.75) is 26.3 Å². The Labute approximate surface area is 120 Å². The Bertz CT molecular complexity index is 791. The summed E-state index contributed by atoms with van der Waals surface area (Å²) in [6, 6.07) is 7.51. The molecule has 0 saturated heterocycles. The topological polar surface area (TPSA) is 47.8 Å². The van der Waals surface area contributed by atoms with Gasteiger partial charge in [-0.25, -0.2) is 9.67 Å². The molecular weight excluding hydrogens is 270 g/mol. The van der Waals surface area contributed by atoms with E-state index >= 15 is 0 Å². The Kier molecular flexibility index (Phi) is 3.60. The van der Waals surface area contributed by atoms with E-state index in [0.29, 0.717) is 11.9 Å². The quantitative estimate of drug-likeness (QED) is 0.740. The van der Waals surface area contributed by atoms with E-state index in [1.54, 1.807) is 17.5 Å². The van der Waals surface area contributed by atoms with Gasteiger partial charge in [-0.05, 0) is 18.9 Å². The van der Waals surface area contributed by atoms with Crippen LogP contribution in [0.2, 0.25) is 0 Å². The first-order valence-corrected chi connectivity index (χ1v) is 7.54. The Morgan fingerprint density at radius 3 is 3.00 bits per heavy atom. The van der Waals surface area contributed by atoms with E-state index in [9.17, 15) is 4.79 Å². The van der Waals surface area contributed by atoms with Crippen molar-refractivity contribution in [1.29, 1.82) is 0 Å². The van der Waals surface area contributed by atoms with E-state index in [4.69, 9.17) is 0 Å². The van der Waals surface area contributed by atoms with Crippen molar-refractivity contribution < 1.29 is 0 Å². The molecule has 0 fully saturated rings. The van der Waals surface area contributed by atoms with E-state index in [1.807, 2.05) is 29.6 Å². The fourth-order valence-corrected chi connectivity index (χ4v) is 3.04. The van der Waals surface area contributed by atoms with Crippen LogP contribution >= 0.6 is 11.3 Å². The number of thiazole rings is 1. The molecule has 0 bridgehead atoms. The second kappa shape index (κ2) is 5.54. The predicted octanol–water partition coefficient (Wildman–Crippen LogP) is 2.85. The van der Waals surface area contributed by atoms with Crippen molar-refractivity contribution in [3.05, 3.63) is 56.9 Å². The molecule has 0 unspecified atom stereocenters. The van der Waals surface area contributed by atoms with Crippen molar-refractivity contribution in [2.75, 3.05) is 0 Å². The minimum Gasteiger partial charge on any atom is -0.267 e. The molecule has 0 amide bonds. The van der Waals surface area contributed by atoms with Crippen LogP contribution in [0, 0.1) is 0 Å². The Morgan fingerprint density at radius 2 is 2.15 bits per heavy atom. The second-order valence-electron chi connectivity index (χ2n) is 4.68. The van der Waals surface area contributed by atoms with Crippen LogP contribution in [0.1, 0.15) is 24.0 Å². The van der Waals surface area contributed by atoms with Gasteiger partial charge in [0, 0.05) is 10.8 Å². The number of fused-ring (bicyclic) bond motifs is 1. The van der Waals surface area contributed by atoms with Crippen LogP contribution in [-0.4, -0.2) is 14.8 Å². The van der Waals surface area contributed by atoms with Crippen molar-refractivity contribution in [3.8, 4) is 0 Å². The summed E-state index contributed by atoms with van der Waals surface area (Å²) >= 11 is 1.65. The summed E-state index contributed by atoms with van der Waals surface area (Å²) in [5, 5.41) is 8.93. The third-order valence-corrected chi connectivity index (χ3v) is 4.09. The lowest BCUT2D eigenvalue weighted by molar-refractivity contribution is 0.636. The van der Waals surface area contributed by atoms with Gasteiger partial charge in [0.25, 0.3) is 5.56 Å². The maximum atomic E-state index is 12.3. The number of hydrogen-bond acceptors (Lipinski definition) is 4. The molecule has 20 heavy (non-hydrogen) atoms. The normalized spacial score (nSPS) is 11.1. The smallest absolute Gasteiger partial charge is 0.267 e. The van der Waals surface area contributed by atoms with E-state index < -0.39 is 0 Å². The van der Waals surface area contributed by atoms with Gasteiger partial charge in [0.05, 0.1) is 28.8 Å². The van der Waals surface area contributed by atoms with Gasteiger partial charge < -0.3 is 0 Å². The largest absolute Gasteiger partial charge is 0.274 e. The van der Waals surface area contributed by atoms with E-state index in [1.165, 1.54) is 4.68 Å². The molecule has 5 heteroatoms. The van der Waals surface area contributed by atoms with Gasteiger partial charge in [-0.2, -0.15) is 5.10 Å². The Balaban J connectivity index is 1.94. The van der Waals surface area contributed by atoms with Crippen LogP contribution in [0.15, 0.2) is 40.6 Å². The van der Waals surface area contributed by atoms with Gasteiger partial charge in [-0.15, -0.1) is 11.3 Å². The average Bonchev–Trinajstić information content (AvgIpc) is 2.90. The SMILES string of the molecule is CCCc1nc(Cn2ncc3ccccc3c2=O)cs1. The fraction of sp³-hybridized carbons (Fsp3) is 0.267. The Hall–Kier alpha value is -2.01. The van der Waals surface area contributed by atoms with E-state index in [0.717, 1.165) is 28.9 Å². The van der Waals surface area contributed by atoms with Gasteiger partial charge in [0.15, 0.2) is 0 Å². The number of rotatable bonds is 4. The Morgan fingerprint density at radius 1 is 1.30 bits per heavy atom. The maximum absolute atomic E-state index is 12.3. The highest BCUT2D eigenvalue weighted by atomic mass is 32.1. The number of aryl methyl sites for hydroxylation is 1. The summed E-state index contributed by atoms with van der Waals surface area (Å²) in [6.07, 6.45) is 3.81. The molecule has 2 heterocycles. The summed E-state index contributed by atoms with van der Waals surface area (Å²) in [5.41, 5.74) is 0.844. The molecule has 102 valence electrons. The molecule has 0 saturated carbocycles. The molecule has 0 spiro atoms. The van der Waals surface area contributed by atoms with Crippen LogP contribution in [0.5, 0.6) is 0 Å². The maximum Gasteiger partial charge on any atom is 0.274 e. The van der Waals surface area contributed by atoms with Gasteiger partial charge >= 0.3 is 0 Å². The second-order valence-corrected chi connectivity index (χ2v) is 5.62. The molecule has 0 aliphatic carbocycles. The summed E-state index contributed by atoms with van der Waals surface area (Å²) in [5.74, 6) is 0. The van der Waals surface area contributed by atoms with Crippen molar-refractivity contribution in [3.63, 3.8) is 0 Å². The van der Waals surface area contributed by atoms with Gasteiger partial charge in [0.1, 0.15) is 0 Å². The lowest BCUT2D eigenvalue weighted by Gasteiger charge is -2.03. The molecule has 0 aliphatic rings. The van der Waals surface area contributed by atoms with Crippen LogP contribution in [0.4, 0.5) is 0 Å². The highest BCUT2D eigenvalue weighted by Crippen LogP contribution is 2.13. The molecule has 0 atom stereocenters. The molecule has 0 N–H and O–H groups in total. The zero-order valence-electron chi connectivity index (χ0n) is 11.2.